The maximum atomic E-state index is 13.2. The molecular formula is C24H30N2O3S. The van der Waals surface area contributed by atoms with Gasteiger partial charge in [-0.3, -0.25) is 4.90 Å². The zero-order valence-electron chi connectivity index (χ0n) is 17.8. The van der Waals surface area contributed by atoms with E-state index >= 15 is 0 Å². The SMILES string of the molecule is CCc1ccc(NC(=O)N2C(CCc3ccccc3)SCC2C(=O)OC(C)C)cc1. The first-order chi connectivity index (χ1) is 14.5. The van der Waals surface area contributed by atoms with Gasteiger partial charge in [-0.25, -0.2) is 9.59 Å². The topological polar surface area (TPSA) is 58.6 Å². The second-order valence-corrected chi connectivity index (χ2v) is 8.91. The summed E-state index contributed by atoms with van der Waals surface area (Å²) < 4.78 is 5.43. The van der Waals surface area contributed by atoms with E-state index in [0.717, 1.165) is 24.9 Å². The molecule has 0 bridgehead atoms. The fraction of sp³-hybridized carbons (Fsp3) is 0.417. The van der Waals surface area contributed by atoms with Gasteiger partial charge in [-0.2, -0.15) is 0 Å². The lowest BCUT2D eigenvalue weighted by Gasteiger charge is -2.29. The van der Waals surface area contributed by atoms with E-state index < -0.39 is 6.04 Å². The monoisotopic (exact) mass is 426 g/mol. The first kappa shape index (κ1) is 22.2. The Hall–Kier alpha value is -2.47. The number of nitrogens with one attached hydrogen (secondary N) is 1. The number of carbonyl (C=O) groups is 2. The van der Waals surface area contributed by atoms with Gasteiger partial charge in [-0.1, -0.05) is 49.4 Å². The van der Waals surface area contributed by atoms with E-state index in [0.29, 0.717) is 5.75 Å². The number of rotatable bonds is 7. The number of carbonyl (C=O) groups excluding carboxylic acids is 2. The molecule has 6 heteroatoms. The van der Waals surface area contributed by atoms with Gasteiger partial charge < -0.3 is 10.1 Å². The molecule has 160 valence electrons. The lowest BCUT2D eigenvalue weighted by atomic mass is 10.1. The third-order valence-corrected chi connectivity index (χ3v) is 6.44. The summed E-state index contributed by atoms with van der Waals surface area (Å²) in [5.74, 6) is 0.212. The van der Waals surface area contributed by atoms with Crippen molar-refractivity contribution >= 4 is 29.4 Å². The van der Waals surface area contributed by atoms with Crippen molar-refractivity contribution in [3.05, 3.63) is 65.7 Å². The van der Waals surface area contributed by atoms with Crippen LogP contribution >= 0.6 is 11.8 Å². The highest BCUT2D eigenvalue weighted by molar-refractivity contribution is 8.00. The molecule has 30 heavy (non-hydrogen) atoms. The fourth-order valence-corrected chi connectivity index (χ4v) is 4.89. The molecule has 0 aromatic heterocycles. The molecular weight excluding hydrogens is 396 g/mol. The summed E-state index contributed by atoms with van der Waals surface area (Å²) in [4.78, 5) is 27.5. The normalized spacial score (nSPS) is 18.5. The van der Waals surface area contributed by atoms with Crippen LogP contribution in [-0.4, -0.2) is 40.2 Å². The molecule has 0 spiro atoms. The number of urea groups is 1. The quantitative estimate of drug-likeness (QED) is 0.625. The van der Waals surface area contributed by atoms with Crippen LogP contribution in [-0.2, 0) is 22.4 Å². The highest BCUT2D eigenvalue weighted by atomic mass is 32.2. The molecule has 2 unspecified atom stereocenters. The second kappa shape index (κ2) is 10.5. The van der Waals surface area contributed by atoms with Crippen LogP contribution in [0.5, 0.6) is 0 Å². The van der Waals surface area contributed by atoms with Gasteiger partial charge in [0.2, 0.25) is 0 Å². The molecule has 0 aliphatic carbocycles. The summed E-state index contributed by atoms with van der Waals surface area (Å²) in [5, 5.41) is 2.89. The lowest BCUT2D eigenvalue weighted by molar-refractivity contribution is -0.151. The zero-order chi connectivity index (χ0) is 21.5. The van der Waals surface area contributed by atoms with Gasteiger partial charge in [-0.15, -0.1) is 11.8 Å². The highest BCUT2D eigenvalue weighted by Crippen LogP contribution is 2.33. The predicted octanol–water partition coefficient (Wildman–Crippen LogP) is 5.11. The van der Waals surface area contributed by atoms with Crippen molar-refractivity contribution in [1.82, 2.24) is 4.90 Å². The summed E-state index contributed by atoms with van der Waals surface area (Å²) in [5.41, 5.74) is 3.16. The number of benzene rings is 2. The fourth-order valence-electron chi connectivity index (χ4n) is 3.50. The second-order valence-electron chi connectivity index (χ2n) is 7.70. The Bertz CT molecular complexity index is 839. The van der Waals surface area contributed by atoms with E-state index in [2.05, 4.69) is 24.4 Å². The molecule has 1 N–H and O–H groups in total. The van der Waals surface area contributed by atoms with Crippen molar-refractivity contribution < 1.29 is 14.3 Å². The Balaban J connectivity index is 1.74. The van der Waals surface area contributed by atoms with Gasteiger partial charge in [-0.05, 0) is 56.4 Å². The summed E-state index contributed by atoms with van der Waals surface area (Å²) >= 11 is 1.64. The molecule has 0 saturated carbocycles. The molecule has 3 rings (SSSR count). The van der Waals surface area contributed by atoms with E-state index in [1.54, 1.807) is 16.7 Å². The molecule has 2 aromatic carbocycles. The van der Waals surface area contributed by atoms with E-state index in [4.69, 9.17) is 4.74 Å². The van der Waals surface area contributed by atoms with Crippen LogP contribution in [0.4, 0.5) is 10.5 Å². The molecule has 2 aromatic rings. The number of hydrogen-bond donors (Lipinski definition) is 1. The van der Waals surface area contributed by atoms with E-state index in [9.17, 15) is 9.59 Å². The number of hydrogen-bond acceptors (Lipinski definition) is 4. The minimum Gasteiger partial charge on any atom is -0.461 e. The third kappa shape index (κ3) is 5.79. The molecule has 1 saturated heterocycles. The molecule has 2 amide bonds. The first-order valence-electron chi connectivity index (χ1n) is 10.5. The number of anilines is 1. The summed E-state index contributed by atoms with van der Waals surface area (Å²) in [7, 11) is 0. The Morgan fingerprint density at radius 3 is 2.43 bits per heavy atom. The number of esters is 1. The molecule has 1 aliphatic rings. The van der Waals surface area contributed by atoms with Crippen LogP contribution in [0, 0.1) is 0 Å². The summed E-state index contributed by atoms with van der Waals surface area (Å²) in [6.45, 7) is 5.75. The maximum absolute atomic E-state index is 13.2. The smallest absolute Gasteiger partial charge is 0.330 e. The largest absolute Gasteiger partial charge is 0.461 e. The van der Waals surface area contributed by atoms with Crippen molar-refractivity contribution in [1.29, 1.82) is 0 Å². The van der Waals surface area contributed by atoms with Crippen molar-refractivity contribution in [3.63, 3.8) is 0 Å². The van der Waals surface area contributed by atoms with Crippen molar-refractivity contribution in [2.45, 2.75) is 57.6 Å². The van der Waals surface area contributed by atoms with E-state index in [1.807, 2.05) is 56.3 Å². The Morgan fingerprint density at radius 2 is 1.80 bits per heavy atom. The zero-order valence-corrected chi connectivity index (χ0v) is 18.7. The lowest BCUT2D eigenvalue weighted by Crippen LogP contribution is -2.48. The molecule has 1 heterocycles. The highest BCUT2D eigenvalue weighted by Gasteiger charge is 2.42. The van der Waals surface area contributed by atoms with Gasteiger partial charge >= 0.3 is 12.0 Å². The minimum atomic E-state index is -0.576. The van der Waals surface area contributed by atoms with Gasteiger partial charge in [0, 0.05) is 11.4 Å². The number of aryl methyl sites for hydroxylation is 2. The molecule has 1 fully saturated rings. The van der Waals surface area contributed by atoms with Gasteiger partial charge in [0.05, 0.1) is 11.5 Å². The number of amides is 2. The van der Waals surface area contributed by atoms with Gasteiger partial charge in [0.15, 0.2) is 0 Å². The average Bonchev–Trinajstić information content (AvgIpc) is 3.17. The van der Waals surface area contributed by atoms with Crippen LogP contribution in [0.25, 0.3) is 0 Å². The average molecular weight is 427 g/mol. The van der Waals surface area contributed by atoms with Crippen molar-refractivity contribution in [2.24, 2.45) is 0 Å². The number of nitrogens with zero attached hydrogens (tertiary/aromatic N) is 1. The van der Waals surface area contributed by atoms with Crippen LogP contribution in [0.3, 0.4) is 0 Å². The predicted molar refractivity (Wildman–Crippen MR) is 123 cm³/mol. The van der Waals surface area contributed by atoms with Crippen LogP contribution in [0.15, 0.2) is 54.6 Å². The molecule has 0 radical (unpaired) electrons. The third-order valence-electron chi connectivity index (χ3n) is 5.09. The standard InChI is InChI=1S/C24H30N2O3S/c1-4-18-10-13-20(14-11-18)25-24(28)26-21(23(27)29-17(2)3)16-30-22(26)15-12-19-8-6-5-7-9-19/h5-11,13-14,17,21-22H,4,12,15-16H2,1-3H3,(H,25,28). The van der Waals surface area contributed by atoms with Crippen LogP contribution in [0.2, 0.25) is 0 Å². The van der Waals surface area contributed by atoms with Gasteiger partial charge in [0.1, 0.15) is 6.04 Å². The minimum absolute atomic E-state index is 0.0789. The molecule has 2 atom stereocenters. The number of thioether (sulfide) groups is 1. The Kier molecular flexibility index (Phi) is 7.80. The van der Waals surface area contributed by atoms with Crippen LogP contribution < -0.4 is 5.32 Å². The van der Waals surface area contributed by atoms with E-state index in [1.165, 1.54) is 11.1 Å². The molecule has 5 nitrogen and oxygen atoms in total. The summed E-state index contributed by atoms with van der Waals surface area (Å²) in [6.07, 6.45) is 2.36. The van der Waals surface area contributed by atoms with Crippen molar-refractivity contribution in [3.8, 4) is 0 Å². The maximum Gasteiger partial charge on any atom is 0.330 e. The van der Waals surface area contributed by atoms with Gasteiger partial charge in [0.25, 0.3) is 0 Å². The van der Waals surface area contributed by atoms with E-state index in [-0.39, 0.29) is 23.5 Å². The van der Waals surface area contributed by atoms with Crippen molar-refractivity contribution in [2.75, 3.05) is 11.1 Å². The Labute approximate surface area is 183 Å². The molecule has 1 aliphatic heterocycles. The number of ether oxygens (including phenoxy) is 1. The van der Waals surface area contributed by atoms with Crippen LogP contribution in [0.1, 0.15) is 38.3 Å². The Morgan fingerprint density at radius 1 is 1.10 bits per heavy atom. The summed E-state index contributed by atoms with van der Waals surface area (Å²) in [6, 6.07) is 17.2. The first-order valence-corrected chi connectivity index (χ1v) is 11.6.